The van der Waals surface area contributed by atoms with Crippen molar-refractivity contribution < 1.29 is 40.6 Å². The van der Waals surface area contributed by atoms with E-state index in [1.165, 1.54) is 20.3 Å². The predicted molar refractivity (Wildman–Crippen MR) is 115 cm³/mol. The van der Waals surface area contributed by atoms with E-state index in [4.69, 9.17) is 40.0 Å². The van der Waals surface area contributed by atoms with Gasteiger partial charge in [-0.3, -0.25) is 4.79 Å². The Kier molecular flexibility index (Phi) is 6.26. The minimum absolute atomic E-state index is 0.0157. The molecule has 0 unspecified atom stereocenters. The third kappa shape index (κ3) is 4.18. The van der Waals surface area contributed by atoms with Crippen molar-refractivity contribution in [2.75, 3.05) is 21.3 Å². The van der Waals surface area contributed by atoms with Crippen LogP contribution >= 0.6 is 21.4 Å². The molecule has 3 aromatic rings. The van der Waals surface area contributed by atoms with Gasteiger partial charge in [-0.25, -0.2) is 16.8 Å². The van der Waals surface area contributed by atoms with Crippen molar-refractivity contribution in [2.24, 2.45) is 0 Å². The van der Waals surface area contributed by atoms with Crippen LogP contribution in [0.3, 0.4) is 0 Å². The van der Waals surface area contributed by atoms with Gasteiger partial charge in [-0.1, -0.05) is 0 Å². The monoisotopic (exact) mass is 524 g/mol. The number of hydrogen-bond acceptors (Lipinski definition) is 10. The van der Waals surface area contributed by atoms with Gasteiger partial charge in [0.25, 0.3) is 18.1 Å². The van der Waals surface area contributed by atoms with E-state index in [0.717, 1.165) is 25.3 Å². The largest absolute Gasteiger partial charge is 0.507 e. The summed E-state index contributed by atoms with van der Waals surface area (Å²) in [5.74, 6) is -1.37. The molecule has 1 heterocycles. The van der Waals surface area contributed by atoms with Crippen LogP contribution in [0, 0.1) is 0 Å². The normalized spacial score (nSPS) is 12.0. The molecule has 32 heavy (non-hydrogen) atoms. The van der Waals surface area contributed by atoms with Gasteiger partial charge in [-0.05, 0) is 6.07 Å². The van der Waals surface area contributed by atoms with Crippen LogP contribution in [0.4, 0.5) is 0 Å². The Morgan fingerprint density at radius 3 is 1.91 bits per heavy atom. The summed E-state index contributed by atoms with van der Waals surface area (Å²) in [5.41, 5.74) is -1.78. The molecule has 0 saturated carbocycles. The molecule has 0 saturated heterocycles. The van der Waals surface area contributed by atoms with E-state index in [2.05, 4.69) is 0 Å². The fourth-order valence-corrected chi connectivity index (χ4v) is 5.28. The highest BCUT2D eigenvalue weighted by atomic mass is 35.7. The molecule has 1 aromatic heterocycles. The number of hydrogen-bond donors (Lipinski definition) is 1. The maximum Gasteiger partial charge on any atom is 0.268 e. The second-order valence-corrected chi connectivity index (χ2v) is 11.2. The summed E-state index contributed by atoms with van der Waals surface area (Å²) in [6.45, 7) is 0. The third-order valence-electron chi connectivity index (χ3n) is 4.38. The molecule has 0 fully saturated rings. The Balaban J connectivity index is 2.56. The first kappa shape index (κ1) is 24.0. The number of rotatable bonds is 6. The number of phenols is 1. The second kappa shape index (κ2) is 8.35. The molecule has 0 aliphatic heterocycles. The van der Waals surface area contributed by atoms with E-state index in [0.29, 0.717) is 0 Å². The van der Waals surface area contributed by atoms with Crippen LogP contribution in [-0.2, 0) is 18.1 Å². The van der Waals surface area contributed by atoms with Crippen molar-refractivity contribution in [3.8, 4) is 34.3 Å². The van der Waals surface area contributed by atoms with Gasteiger partial charge < -0.3 is 23.7 Å². The zero-order valence-corrected chi connectivity index (χ0v) is 19.6. The lowest BCUT2D eigenvalue weighted by atomic mass is 10.1. The Hall–Kier alpha value is -2.67. The Bertz CT molecular complexity index is 1510. The first-order valence-electron chi connectivity index (χ1n) is 8.37. The Labute approximate surface area is 190 Å². The molecule has 1 N–H and O–H groups in total. The average molecular weight is 525 g/mol. The van der Waals surface area contributed by atoms with Crippen LogP contribution < -0.4 is 19.6 Å². The molecule has 0 aliphatic carbocycles. The summed E-state index contributed by atoms with van der Waals surface area (Å²) < 4.78 is 69.6. The van der Waals surface area contributed by atoms with Crippen molar-refractivity contribution in [3.63, 3.8) is 0 Å². The average Bonchev–Trinajstić information content (AvgIpc) is 2.70. The van der Waals surface area contributed by atoms with Gasteiger partial charge in [0.05, 0.1) is 26.2 Å². The number of fused-ring (bicyclic) bond motifs is 1. The topological polar surface area (TPSA) is 146 Å². The lowest BCUT2D eigenvalue weighted by Gasteiger charge is -2.14. The van der Waals surface area contributed by atoms with Crippen molar-refractivity contribution in [2.45, 2.75) is 9.79 Å². The van der Waals surface area contributed by atoms with Gasteiger partial charge in [0.15, 0.2) is 27.4 Å². The Morgan fingerprint density at radius 2 is 1.41 bits per heavy atom. The summed E-state index contributed by atoms with van der Waals surface area (Å²) in [6.07, 6.45) is 0. The molecule has 172 valence electrons. The number of methoxy groups -OCH3 is 3. The number of phenolic OH excluding ortho intramolecular Hbond substituents is 1. The Morgan fingerprint density at radius 1 is 0.844 bits per heavy atom. The smallest absolute Gasteiger partial charge is 0.268 e. The molecule has 0 radical (unpaired) electrons. The quantitative estimate of drug-likeness (QED) is 0.477. The van der Waals surface area contributed by atoms with Gasteiger partial charge >= 0.3 is 0 Å². The standard InChI is InChI=1S/C18H14Cl2O10S2/c1-27-12-4-8(15(31(19,23)24)7-13(12)28-2)11-5-9(21)16-10(22)6-14(29-3)18(17(16)30-11)32(20,25)26/h4-7,22H,1-3H3. The first-order valence-corrected chi connectivity index (χ1v) is 13.0. The molecule has 14 heteroatoms. The molecule has 0 amide bonds. The summed E-state index contributed by atoms with van der Waals surface area (Å²) in [4.78, 5) is 11.5. The summed E-state index contributed by atoms with van der Waals surface area (Å²) >= 11 is 0. The van der Waals surface area contributed by atoms with E-state index in [1.807, 2.05) is 0 Å². The van der Waals surface area contributed by atoms with Crippen molar-refractivity contribution in [1.82, 2.24) is 0 Å². The van der Waals surface area contributed by atoms with E-state index < -0.39 is 61.5 Å². The highest BCUT2D eigenvalue weighted by Gasteiger charge is 2.29. The second-order valence-electron chi connectivity index (χ2n) is 6.19. The molecule has 0 bridgehead atoms. The molecular formula is C18H14Cl2O10S2. The molecular weight excluding hydrogens is 511 g/mol. The van der Waals surface area contributed by atoms with E-state index >= 15 is 0 Å². The van der Waals surface area contributed by atoms with Crippen LogP contribution in [0.1, 0.15) is 0 Å². The van der Waals surface area contributed by atoms with Crippen molar-refractivity contribution in [3.05, 3.63) is 34.5 Å². The maximum absolute atomic E-state index is 12.8. The third-order valence-corrected chi connectivity index (χ3v) is 7.08. The number of ether oxygens (including phenoxy) is 3. The van der Waals surface area contributed by atoms with E-state index in [9.17, 15) is 26.7 Å². The molecule has 0 atom stereocenters. The van der Waals surface area contributed by atoms with Gasteiger partial charge in [-0.15, -0.1) is 0 Å². The van der Waals surface area contributed by atoms with Crippen LogP contribution in [0.5, 0.6) is 23.0 Å². The van der Waals surface area contributed by atoms with Gasteiger partial charge in [-0.2, -0.15) is 0 Å². The fourth-order valence-electron chi connectivity index (χ4n) is 3.04. The number of aromatic hydroxyl groups is 1. The highest BCUT2D eigenvalue weighted by molar-refractivity contribution is 8.14. The zero-order chi connectivity index (χ0) is 24.0. The van der Waals surface area contributed by atoms with Gasteiger partial charge in [0.2, 0.25) is 0 Å². The van der Waals surface area contributed by atoms with Crippen molar-refractivity contribution in [1.29, 1.82) is 0 Å². The van der Waals surface area contributed by atoms with E-state index in [1.54, 1.807) is 0 Å². The summed E-state index contributed by atoms with van der Waals surface area (Å²) in [7, 11) is 5.77. The molecule has 0 spiro atoms. The van der Waals surface area contributed by atoms with Crippen LogP contribution in [-0.4, -0.2) is 43.3 Å². The number of halogens is 2. The van der Waals surface area contributed by atoms with Crippen LogP contribution in [0.15, 0.2) is 43.3 Å². The molecule has 0 aliphatic rings. The molecule has 2 aromatic carbocycles. The maximum atomic E-state index is 12.8. The fraction of sp³-hybridized carbons (Fsp3) is 0.167. The molecule has 3 rings (SSSR count). The minimum Gasteiger partial charge on any atom is -0.507 e. The molecule has 10 nitrogen and oxygen atoms in total. The SMILES string of the molecule is COc1cc(-c2cc(=O)c3c(O)cc(OC)c(S(=O)(=O)Cl)c3o2)c(S(=O)(=O)Cl)cc1OC. The van der Waals surface area contributed by atoms with E-state index in [-0.39, 0.29) is 17.1 Å². The lowest BCUT2D eigenvalue weighted by Crippen LogP contribution is -2.07. The summed E-state index contributed by atoms with van der Waals surface area (Å²) in [5, 5.41) is 9.71. The van der Waals surface area contributed by atoms with Crippen LogP contribution in [0.2, 0.25) is 0 Å². The minimum atomic E-state index is -4.55. The van der Waals surface area contributed by atoms with Crippen LogP contribution in [0.25, 0.3) is 22.3 Å². The zero-order valence-electron chi connectivity index (χ0n) is 16.5. The van der Waals surface area contributed by atoms with Gasteiger partial charge in [0.1, 0.15) is 22.6 Å². The number of benzene rings is 2. The van der Waals surface area contributed by atoms with Gasteiger partial charge in [0, 0.05) is 45.1 Å². The summed E-state index contributed by atoms with van der Waals surface area (Å²) in [6, 6.07) is 3.96. The predicted octanol–water partition coefficient (Wildman–Crippen LogP) is 3.05. The lowest BCUT2D eigenvalue weighted by molar-refractivity contribution is 0.354. The van der Waals surface area contributed by atoms with Crippen molar-refractivity contribution >= 4 is 50.4 Å². The first-order chi connectivity index (χ1) is 14.8. The highest BCUT2D eigenvalue weighted by Crippen LogP contribution is 2.43.